The van der Waals surface area contributed by atoms with Crippen LogP contribution in [-0.4, -0.2) is 29.3 Å². The van der Waals surface area contributed by atoms with Gasteiger partial charge in [-0.2, -0.15) is 5.10 Å². The van der Waals surface area contributed by atoms with Gasteiger partial charge in [0.05, 0.1) is 13.3 Å². The number of carbonyl (C=O) groups is 1. The van der Waals surface area contributed by atoms with Crippen LogP contribution in [-0.2, 0) is 0 Å². The smallest absolute Gasteiger partial charge is 0.287 e. The van der Waals surface area contributed by atoms with Crippen molar-refractivity contribution >= 4 is 23.0 Å². The normalized spacial score (nSPS) is 11.0. The number of ether oxygens (including phenoxy) is 1. The number of hydrogen-bond donors (Lipinski definition) is 3. The molecule has 0 aliphatic heterocycles. The fourth-order valence-corrected chi connectivity index (χ4v) is 2.15. The first kappa shape index (κ1) is 14.6. The van der Waals surface area contributed by atoms with Crippen LogP contribution >= 0.6 is 0 Å². The largest absolute Gasteiger partial charge is 0.508 e. The molecular formula is C17H15N3O3. The average Bonchev–Trinajstić information content (AvgIpc) is 2.99. The number of benzene rings is 2. The minimum atomic E-state index is -0.338. The molecule has 1 aromatic heterocycles. The van der Waals surface area contributed by atoms with Crippen LogP contribution in [0.25, 0.3) is 10.9 Å². The fourth-order valence-electron chi connectivity index (χ4n) is 2.15. The van der Waals surface area contributed by atoms with Gasteiger partial charge in [0.2, 0.25) is 0 Å². The summed E-state index contributed by atoms with van der Waals surface area (Å²) in [6.07, 6.45) is 1.50. The summed E-state index contributed by atoms with van der Waals surface area (Å²) in [7, 11) is 1.60. The molecule has 0 radical (unpaired) electrons. The van der Waals surface area contributed by atoms with Gasteiger partial charge in [-0.1, -0.05) is 0 Å². The topological polar surface area (TPSA) is 86.7 Å². The van der Waals surface area contributed by atoms with Crippen LogP contribution in [0.4, 0.5) is 0 Å². The second kappa shape index (κ2) is 6.23. The fraction of sp³-hybridized carbons (Fsp3) is 0.0588. The van der Waals surface area contributed by atoms with Gasteiger partial charge in [-0.25, -0.2) is 5.43 Å². The molecule has 1 heterocycles. The number of phenols is 1. The number of hydrazone groups is 1. The number of carbonyl (C=O) groups excluding carboxylic acids is 1. The lowest BCUT2D eigenvalue weighted by atomic mass is 10.2. The van der Waals surface area contributed by atoms with E-state index in [0.717, 1.165) is 22.2 Å². The predicted molar refractivity (Wildman–Crippen MR) is 88.0 cm³/mol. The molecule has 3 rings (SSSR count). The highest BCUT2D eigenvalue weighted by atomic mass is 16.5. The molecule has 0 atom stereocenters. The molecule has 1 amide bonds. The van der Waals surface area contributed by atoms with Crippen molar-refractivity contribution in [2.45, 2.75) is 0 Å². The van der Waals surface area contributed by atoms with Gasteiger partial charge in [-0.15, -0.1) is 0 Å². The van der Waals surface area contributed by atoms with Gasteiger partial charge >= 0.3 is 0 Å². The summed E-state index contributed by atoms with van der Waals surface area (Å²) < 4.78 is 5.16. The van der Waals surface area contributed by atoms with Gasteiger partial charge in [0, 0.05) is 10.9 Å². The molecule has 3 aromatic rings. The summed E-state index contributed by atoms with van der Waals surface area (Å²) >= 11 is 0. The van der Waals surface area contributed by atoms with Crippen molar-refractivity contribution in [1.29, 1.82) is 0 Å². The van der Waals surface area contributed by atoms with Gasteiger partial charge in [-0.05, 0) is 54.1 Å². The predicted octanol–water partition coefficient (Wildman–Crippen LogP) is 2.65. The van der Waals surface area contributed by atoms with Gasteiger partial charge < -0.3 is 14.8 Å². The first-order valence-corrected chi connectivity index (χ1v) is 6.95. The number of nitrogens with zero attached hydrogens (tertiary/aromatic N) is 1. The van der Waals surface area contributed by atoms with E-state index in [1.807, 2.05) is 18.2 Å². The van der Waals surface area contributed by atoms with E-state index in [-0.39, 0.29) is 11.7 Å². The number of methoxy groups -OCH3 is 1. The lowest BCUT2D eigenvalue weighted by Crippen LogP contribution is -2.17. The SMILES string of the molecule is COc1ccc2[nH]c(C(=O)NN=Cc3ccc(O)cc3)cc2c1. The Morgan fingerprint density at radius 2 is 2.00 bits per heavy atom. The van der Waals surface area contributed by atoms with Crippen molar-refractivity contribution in [3.63, 3.8) is 0 Å². The number of phenolic OH excluding ortho intramolecular Hbond substituents is 1. The highest BCUT2D eigenvalue weighted by molar-refractivity contribution is 5.98. The molecule has 2 aromatic carbocycles. The molecule has 6 nitrogen and oxygen atoms in total. The third kappa shape index (κ3) is 3.32. The number of H-pyrrole nitrogens is 1. The quantitative estimate of drug-likeness (QED) is 0.511. The van der Waals surface area contributed by atoms with Crippen LogP contribution in [0.1, 0.15) is 16.1 Å². The number of fused-ring (bicyclic) bond motifs is 1. The third-order valence-corrected chi connectivity index (χ3v) is 3.35. The Kier molecular flexibility index (Phi) is 3.97. The zero-order valence-electron chi connectivity index (χ0n) is 12.4. The van der Waals surface area contributed by atoms with E-state index in [1.165, 1.54) is 6.21 Å². The van der Waals surface area contributed by atoms with Gasteiger partial charge in [0.15, 0.2) is 0 Å². The Morgan fingerprint density at radius 3 is 2.74 bits per heavy atom. The monoisotopic (exact) mass is 309 g/mol. The van der Waals surface area contributed by atoms with E-state index in [1.54, 1.807) is 37.4 Å². The first-order chi connectivity index (χ1) is 11.2. The number of nitrogens with one attached hydrogen (secondary N) is 2. The maximum Gasteiger partial charge on any atom is 0.287 e. The standard InChI is InChI=1S/C17H15N3O3/c1-23-14-6-7-15-12(8-14)9-16(19-15)17(22)20-18-10-11-2-4-13(21)5-3-11/h2-10,19,21H,1H3,(H,20,22). The third-order valence-electron chi connectivity index (χ3n) is 3.35. The Hall–Kier alpha value is -3.28. The van der Waals surface area contributed by atoms with Gasteiger partial charge in [-0.3, -0.25) is 4.79 Å². The molecule has 23 heavy (non-hydrogen) atoms. The first-order valence-electron chi connectivity index (χ1n) is 6.95. The highest BCUT2D eigenvalue weighted by Gasteiger charge is 2.09. The molecule has 0 saturated carbocycles. The second-order valence-corrected chi connectivity index (χ2v) is 4.93. The molecule has 0 spiro atoms. The van der Waals surface area contributed by atoms with Crippen molar-refractivity contribution < 1.29 is 14.6 Å². The maximum atomic E-state index is 12.1. The lowest BCUT2D eigenvalue weighted by molar-refractivity contribution is 0.0951. The minimum Gasteiger partial charge on any atom is -0.508 e. The van der Waals surface area contributed by atoms with E-state index in [0.29, 0.717) is 5.69 Å². The molecular weight excluding hydrogens is 294 g/mol. The lowest BCUT2D eigenvalue weighted by Gasteiger charge is -1.97. The Bertz CT molecular complexity index is 866. The van der Waals surface area contributed by atoms with E-state index >= 15 is 0 Å². The summed E-state index contributed by atoms with van der Waals surface area (Å²) in [5, 5.41) is 14.0. The molecule has 0 unspecified atom stereocenters. The van der Waals surface area contributed by atoms with Crippen LogP contribution in [0.5, 0.6) is 11.5 Å². The van der Waals surface area contributed by atoms with Crippen LogP contribution in [0.15, 0.2) is 53.6 Å². The highest BCUT2D eigenvalue weighted by Crippen LogP contribution is 2.21. The van der Waals surface area contributed by atoms with Crippen LogP contribution < -0.4 is 10.2 Å². The molecule has 0 bridgehead atoms. The van der Waals surface area contributed by atoms with Crippen LogP contribution in [0, 0.1) is 0 Å². The number of aromatic hydroxyl groups is 1. The molecule has 116 valence electrons. The van der Waals surface area contributed by atoms with Gasteiger partial charge in [0.1, 0.15) is 17.2 Å². The molecule has 0 aliphatic rings. The Labute approximate surface area is 132 Å². The molecule has 0 saturated heterocycles. The van der Waals surface area contributed by atoms with Crippen molar-refractivity contribution in [2.24, 2.45) is 5.10 Å². The molecule has 3 N–H and O–H groups in total. The van der Waals surface area contributed by atoms with Crippen molar-refractivity contribution in [3.8, 4) is 11.5 Å². The summed E-state index contributed by atoms with van der Waals surface area (Å²) in [5.74, 6) is 0.573. The summed E-state index contributed by atoms with van der Waals surface area (Å²) in [6.45, 7) is 0. The summed E-state index contributed by atoms with van der Waals surface area (Å²) in [5.41, 5.74) is 4.48. The van der Waals surface area contributed by atoms with E-state index in [4.69, 9.17) is 4.74 Å². The van der Waals surface area contributed by atoms with E-state index in [9.17, 15) is 9.90 Å². The Balaban J connectivity index is 1.71. The van der Waals surface area contributed by atoms with Crippen molar-refractivity contribution in [3.05, 3.63) is 59.8 Å². The molecule has 6 heteroatoms. The van der Waals surface area contributed by atoms with Crippen molar-refractivity contribution in [2.75, 3.05) is 7.11 Å². The van der Waals surface area contributed by atoms with Gasteiger partial charge in [0.25, 0.3) is 5.91 Å². The zero-order chi connectivity index (χ0) is 16.2. The number of rotatable bonds is 4. The molecule has 0 aliphatic carbocycles. The van der Waals surface area contributed by atoms with Crippen molar-refractivity contribution in [1.82, 2.24) is 10.4 Å². The number of amides is 1. The minimum absolute atomic E-state index is 0.180. The number of hydrogen-bond acceptors (Lipinski definition) is 4. The number of aromatic nitrogens is 1. The average molecular weight is 309 g/mol. The van der Waals surface area contributed by atoms with E-state index < -0.39 is 0 Å². The summed E-state index contributed by atoms with van der Waals surface area (Å²) in [4.78, 5) is 15.1. The maximum absolute atomic E-state index is 12.1. The summed E-state index contributed by atoms with van der Waals surface area (Å²) in [6, 6.07) is 13.8. The molecule has 0 fully saturated rings. The van der Waals surface area contributed by atoms with E-state index in [2.05, 4.69) is 15.5 Å². The van der Waals surface area contributed by atoms with Crippen LogP contribution in [0.3, 0.4) is 0 Å². The second-order valence-electron chi connectivity index (χ2n) is 4.93. The van der Waals surface area contributed by atoms with Crippen LogP contribution in [0.2, 0.25) is 0 Å². The Morgan fingerprint density at radius 1 is 1.22 bits per heavy atom. The zero-order valence-corrected chi connectivity index (χ0v) is 12.4. The number of aromatic amines is 1.